The largest absolute Gasteiger partial charge is 0.452 e. The van der Waals surface area contributed by atoms with Gasteiger partial charge < -0.3 is 10.1 Å². The summed E-state index contributed by atoms with van der Waals surface area (Å²) in [6.45, 7) is -0.839. The van der Waals surface area contributed by atoms with Crippen molar-refractivity contribution in [3.63, 3.8) is 0 Å². The van der Waals surface area contributed by atoms with Gasteiger partial charge in [-0.05, 0) is 24.3 Å². The van der Waals surface area contributed by atoms with E-state index >= 15 is 0 Å². The summed E-state index contributed by atoms with van der Waals surface area (Å²) in [6, 6.07) is 4.67. The van der Waals surface area contributed by atoms with Gasteiger partial charge in [0.1, 0.15) is 5.69 Å². The Morgan fingerprint density at radius 3 is 2.46 bits per heavy atom. The van der Waals surface area contributed by atoms with Crippen LogP contribution in [0.3, 0.4) is 0 Å². The summed E-state index contributed by atoms with van der Waals surface area (Å²) in [5.41, 5.74) is -1.09. The highest BCUT2D eigenvalue weighted by atomic mass is 35.5. The number of carbonyl (C=O) groups is 2. The van der Waals surface area contributed by atoms with Crippen LogP contribution in [0.15, 0.2) is 30.3 Å². The second-order valence-corrected chi connectivity index (χ2v) is 5.63. The first kappa shape index (κ1) is 19.5. The molecule has 0 saturated heterocycles. The molecule has 0 aliphatic heterocycles. The third kappa shape index (κ3) is 4.64. The van der Waals surface area contributed by atoms with Crippen molar-refractivity contribution in [2.24, 2.45) is 0 Å². The number of nitro benzene ring substituents is 1. The molecule has 1 N–H and O–H groups in total. The molecule has 0 aliphatic carbocycles. The molecule has 2 aromatic rings. The molecule has 0 aliphatic rings. The Morgan fingerprint density at radius 1 is 1.15 bits per heavy atom. The van der Waals surface area contributed by atoms with E-state index in [1.807, 2.05) is 0 Å². The van der Waals surface area contributed by atoms with Gasteiger partial charge in [0.15, 0.2) is 18.2 Å². The average Bonchev–Trinajstić information content (AvgIpc) is 2.57. The lowest BCUT2D eigenvalue weighted by atomic mass is 10.2. The second kappa shape index (κ2) is 8.07. The number of rotatable bonds is 5. The van der Waals surface area contributed by atoms with Gasteiger partial charge in [-0.2, -0.15) is 0 Å². The number of esters is 1. The Labute approximate surface area is 154 Å². The van der Waals surface area contributed by atoms with Crippen molar-refractivity contribution < 1.29 is 28.0 Å². The fourth-order valence-corrected chi connectivity index (χ4v) is 2.23. The zero-order valence-electron chi connectivity index (χ0n) is 12.6. The molecular formula is C15H8Cl2F2N2O5. The van der Waals surface area contributed by atoms with Crippen molar-refractivity contribution in [2.45, 2.75) is 0 Å². The maximum Gasteiger partial charge on any atom is 0.340 e. The molecular weight excluding hydrogens is 397 g/mol. The number of halogens is 4. The SMILES string of the molecule is O=C(COC(=O)c1cc(F)c(F)cc1Cl)Nc1ccc(Cl)cc1[N+](=O)[O-]. The lowest BCUT2D eigenvalue weighted by molar-refractivity contribution is -0.383. The second-order valence-electron chi connectivity index (χ2n) is 4.79. The molecule has 7 nitrogen and oxygen atoms in total. The number of hydrogen-bond donors (Lipinski definition) is 1. The molecule has 11 heteroatoms. The van der Waals surface area contributed by atoms with Gasteiger partial charge in [-0.3, -0.25) is 14.9 Å². The average molecular weight is 405 g/mol. The van der Waals surface area contributed by atoms with E-state index in [0.717, 1.165) is 6.07 Å². The Bertz CT molecular complexity index is 908. The van der Waals surface area contributed by atoms with Crippen LogP contribution in [0.25, 0.3) is 0 Å². The number of carbonyl (C=O) groups excluding carboxylic acids is 2. The fourth-order valence-electron chi connectivity index (χ4n) is 1.84. The maximum atomic E-state index is 13.2. The van der Waals surface area contributed by atoms with E-state index < -0.39 is 51.3 Å². The molecule has 0 bridgehead atoms. The number of nitrogens with zero attached hydrogens (tertiary/aromatic N) is 1. The maximum absolute atomic E-state index is 13.2. The predicted molar refractivity (Wildman–Crippen MR) is 88.4 cm³/mol. The highest BCUT2D eigenvalue weighted by Gasteiger charge is 2.20. The van der Waals surface area contributed by atoms with Crippen LogP contribution in [0.4, 0.5) is 20.2 Å². The zero-order valence-corrected chi connectivity index (χ0v) is 14.1. The number of amides is 1. The number of nitrogens with one attached hydrogen (secondary N) is 1. The highest BCUT2D eigenvalue weighted by molar-refractivity contribution is 6.33. The zero-order chi connectivity index (χ0) is 19.4. The smallest absolute Gasteiger partial charge is 0.340 e. The minimum absolute atomic E-state index is 0.0918. The monoisotopic (exact) mass is 404 g/mol. The Kier molecular flexibility index (Phi) is 6.06. The Hall–Kier alpha value is -2.78. The first-order valence-electron chi connectivity index (χ1n) is 6.74. The van der Waals surface area contributed by atoms with Crippen molar-refractivity contribution in [3.8, 4) is 0 Å². The van der Waals surface area contributed by atoms with Crippen LogP contribution >= 0.6 is 23.2 Å². The van der Waals surface area contributed by atoms with Crippen molar-refractivity contribution in [1.82, 2.24) is 0 Å². The van der Waals surface area contributed by atoms with Crippen molar-refractivity contribution >= 4 is 46.5 Å². The molecule has 1 amide bonds. The molecule has 26 heavy (non-hydrogen) atoms. The number of hydrogen-bond acceptors (Lipinski definition) is 5. The van der Waals surface area contributed by atoms with E-state index in [2.05, 4.69) is 10.1 Å². The first-order valence-corrected chi connectivity index (χ1v) is 7.50. The number of ether oxygens (including phenoxy) is 1. The van der Waals surface area contributed by atoms with Crippen LogP contribution in [-0.2, 0) is 9.53 Å². The topological polar surface area (TPSA) is 98.5 Å². The molecule has 2 aromatic carbocycles. The Morgan fingerprint density at radius 2 is 1.81 bits per heavy atom. The van der Waals surface area contributed by atoms with Crippen LogP contribution < -0.4 is 5.32 Å². The molecule has 0 saturated carbocycles. The summed E-state index contributed by atoms with van der Waals surface area (Å²) in [5, 5.41) is 12.8. The summed E-state index contributed by atoms with van der Waals surface area (Å²) < 4.78 is 30.8. The highest BCUT2D eigenvalue weighted by Crippen LogP contribution is 2.27. The lowest BCUT2D eigenvalue weighted by Crippen LogP contribution is -2.21. The van der Waals surface area contributed by atoms with Gasteiger partial charge in [0.05, 0.1) is 15.5 Å². The molecule has 0 radical (unpaired) electrons. The summed E-state index contributed by atoms with van der Waals surface area (Å²) in [4.78, 5) is 33.8. The number of anilines is 1. The van der Waals surface area contributed by atoms with Crippen molar-refractivity contribution in [2.75, 3.05) is 11.9 Å². The third-order valence-corrected chi connectivity index (χ3v) is 3.54. The molecule has 0 unspecified atom stereocenters. The van der Waals surface area contributed by atoms with E-state index in [1.54, 1.807) is 0 Å². The fraction of sp³-hybridized carbons (Fsp3) is 0.0667. The van der Waals surface area contributed by atoms with Crippen LogP contribution in [0.5, 0.6) is 0 Å². The number of nitro groups is 1. The standard InChI is InChI=1S/C15H8Cl2F2N2O5/c16-7-1-2-12(13(3-7)21(24)25)20-14(22)6-26-15(23)8-4-10(18)11(19)5-9(8)17/h1-5H,6H2,(H,20,22). The summed E-state index contributed by atoms with van der Waals surface area (Å²) in [5.74, 6) is -4.64. The van der Waals surface area contributed by atoms with Gasteiger partial charge in [-0.15, -0.1) is 0 Å². The van der Waals surface area contributed by atoms with Gasteiger partial charge >= 0.3 is 5.97 Å². The molecule has 136 valence electrons. The van der Waals surface area contributed by atoms with Crippen LogP contribution in [0, 0.1) is 21.7 Å². The molecule has 0 fully saturated rings. The number of benzene rings is 2. The molecule has 2 rings (SSSR count). The first-order chi connectivity index (χ1) is 12.2. The van der Waals surface area contributed by atoms with E-state index in [9.17, 15) is 28.5 Å². The quantitative estimate of drug-likeness (QED) is 0.351. The van der Waals surface area contributed by atoms with Gasteiger partial charge in [0.25, 0.3) is 11.6 Å². The Balaban J connectivity index is 2.05. The normalized spacial score (nSPS) is 10.3. The summed E-state index contributed by atoms with van der Waals surface area (Å²) in [6.07, 6.45) is 0. The van der Waals surface area contributed by atoms with E-state index in [-0.39, 0.29) is 10.7 Å². The van der Waals surface area contributed by atoms with Crippen molar-refractivity contribution in [1.29, 1.82) is 0 Å². The van der Waals surface area contributed by atoms with E-state index in [4.69, 9.17) is 23.2 Å². The molecule has 0 aromatic heterocycles. The lowest BCUT2D eigenvalue weighted by Gasteiger charge is -2.08. The van der Waals surface area contributed by atoms with Gasteiger partial charge in [0.2, 0.25) is 0 Å². The van der Waals surface area contributed by atoms with E-state index in [1.165, 1.54) is 12.1 Å². The minimum Gasteiger partial charge on any atom is -0.452 e. The third-order valence-electron chi connectivity index (χ3n) is 2.99. The van der Waals surface area contributed by atoms with E-state index in [0.29, 0.717) is 12.1 Å². The molecule has 0 heterocycles. The molecule has 0 spiro atoms. The minimum atomic E-state index is -1.32. The van der Waals surface area contributed by atoms with Crippen molar-refractivity contribution in [3.05, 3.63) is 67.7 Å². The van der Waals surface area contributed by atoms with Gasteiger partial charge in [-0.1, -0.05) is 23.2 Å². The summed E-state index contributed by atoms with van der Waals surface area (Å²) >= 11 is 11.3. The van der Waals surface area contributed by atoms with Crippen LogP contribution in [-0.4, -0.2) is 23.4 Å². The van der Waals surface area contributed by atoms with Gasteiger partial charge in [0, 0.05) is 11.1 Å². The van der Waals surface area contributed by atoms with Crippen LogP contribution in [0.1, 0.15) is 10.4 Å². The molecule has 0 atom stereocenters. The van der Waals surface area contributed by atoms with Gasteiger partial charge in [-0.25, -0.2) is 13.6 Å². The summed E-state index contributed by atoms with van der Waals surface area (Å²) in [7, 11) is 0. The predicted octanol–water partition coefficient (Wildman–Crippen LogP) is 3.98. The van der Waals surface area contributed by atoms with Crippen LogP contribution in [0.2, 0.25) is 10.0 Å².